The van der Waals surface area contributed by atoms with Crippen LogP contribution in [0.15, 0.2) is 0 Å². The van der Waals surface area contributed by atoms with Crippen molar-refractivity contribution in [3.05, 3.63) is 0 Å². The van der Waals surface area contributed by atoms with E-state index in [9.17, 15) is 0 Å². The predicted molar refractivity (Wildman–Crippen MR) is 64.7 cm³/mol. The lowest BCUT2D eigenvalue weighted by Crippen LogP contribution is -2.26. The molecule has 80 valence electrons. The number of alkyl halides is 1. The summed E-state index contributed by atoms with van der Waals surface area (Å²) < 4.78 is 0. The maximum atomic E-state index is 3.46. The van der Waals surface area contributed by atoms with Gasteiger partial charge in [-0.3, -0.25) is 0 Å². The fourth-order valence-electron chi connectivity index (χ4n) is 1.57. The number of hydrogen-bond donors (Lipinski definition) is 0. The third-order valence-electron chi connectivity index (χ3n) is 2.19. The molecule has 0 N–H and O–H groups in total. The summed E-state index contributed by atoms with van der Waals surface area (Å²) in [4.78, 5) is 2.59. The SMILES string of the molecule is CCCN(CCC)CCCCCBr. The highest BCUT2D eigenvalue weighted by atomic mass is 79.9. The molecule has 0 aromatic carbocycles. The summed E-state index contributed by atoms with van der Waals surface area (Å²) in [6, 6.07) is 0. The molecular formula is C11H24BrN. The van der Waals surface area contributed by atoms with Crippen molar-refractivity contribution < 1.29 is 0 Å². The molecule has 0 radical (unpaired) electrons. The van der Waals surface area contributed by atoms with Gasteiger partial charge in [-0.2, -0.15) is 0 Å². The van der Waals surface area contributed by atoms with Crippen LogP contribution in [0.5, 0.6) is 0 Å². The molecule has 0 atom stereocenters. The van der Waals surface area contributed by atoms with Crippen LogP contribution >= 0.6 is 15.9 Å². The molecule has 0 fully saturated rings. The highest BCUT2D eigenvalue weighted by molar-refractivity contribution is 9.09. The quantitative estimate of drug-likeness (QED) is 0.445. The minimum atomic E-state index is 1.16. The predicted octanol–water partition coefficient (Wildman–Crippen LogP) is 3.67. The van der Waals surface area contributed by atoms with Gasteiger partial charge in [-0.15, -0.1) is 0 Å². The molecular weight excluding hydrogens is 226 g/mol. The van der Waals surface area contributed by atoms with Crippen molar-refractivity contribution in [2.75, 3.05) is 25.0 Å². The Kier molecular flexibility index (Phi) is 10.9. The molecule has 0 saturated carbocycles. The average Bonchev–Trinajstić information content (AvgIpc) is 2.13. The summed E-state index contributed by atoms with van der Waals surface area (Å²) in [5.41, 5.74) is 0. The minimum absolute atomic E-state index is 1.16. The van der Waals surface area contributed by atoms with Crippen LogP contribution in [0.3, 0.4) is 0 Å². The standard InChI is InChI=1S/C11H24BrN/c1-3-9-13(10-4-2)11-7-5-6-8-12/h3-11H2,1-2H3. The normalized spacial score (nSPS) is 11.1. The molecule has 1 nitrogen and oxygen atoms in total. The van der Waals surface area contributed by atoms with Gasteiger partial charge < -0.3 is 4.90 Å². The monoisotopic (exact) mass is 249 g/mol. The summed E-state index contributed by atoms with van der Waals surface area (Å²) in [5, 5.41) is 1.16. The first kappa shape index (κ1) is 13.4. The summed E-state index contributed by atoms with van der Waals surface area (Å²) in [7, 11) is 0. The number of unbranched alkanes of at least 4 members (excludes halogenated alkanes) is 2. The first-order valence-electron chi connectivity index (χ1n) is 5.63. The Labute approximate surface area is 92.0 Å². The molecule has 0 aliphatic carbocycles. The van der Waals surface area contributed by atoms with Gasteiger partial charge in [-0.25, -0.2) is 0 Å². The van der Waals surface area contributed by atoms with E-state index < -0.39 is 0 Å². The van der Waals surface area contributed by atoms with E-state index in [0.29, 0.717) is 0 Å². The second-order valence-electron chi connectivity index (χ2n) is 3.59. The maximum absolute atomic E-state index is 3.46. The van der Waals surface area contributed by atoms with Crippen molar-refractivity contribution in [1.29, 1.82) is 0 Å². The smallest absolute Gasteiger partial charge is 0.00313 e. The summed E-state index contributed by atoms with van der Waals surface area (Å²) >= 11 is 3.46. The molecule has 0 aromatic rings. The van der Waals surface area contributed by atoms with E-state index in [1.807, 2.05) is 0 Å². The van der Waals surface area contributed by atoms with E-state index in [-0.39, 0.29) is 0 Å². The highest BCUT2D eigenvalue weighted by Gasteiger charge is 2.00. The Morgan fingerprint density at radius 2 is 1.46 bits per heavy atom. The number of halogens is 1. The van der Waals surface area contributed by atoms with Gasteiger partial charge in [0.05, 0.1) is 0 Å². The zero-order valence-corrected chi connectivity index (χ0v) is 10.8. The van der Waals surface area contributed by atoms with E-state index >= 15 is 0 Å². The van der Waals surface area contributed by atoms with Crippen LogP contribution in [0.25, 0.3) is 0 Å². The van der Waals surface area contributed by atoms with Crippen LogP contribution in [0.2, 0.25) is 0 Å². The fourth-order valence-corrected chi connectivity index (χ4v) is 1.97. The molecule has 0 unspecified atom stereocenters. The largest absolute Gasteiger partial charge is 0.303 e. The van der Waals surface area contributed by atoms with Crippen LogP contribution < -0.4 is 0 Å². The molecule has 0 aliphatic rings. The van der Waals surface area contributed by atoms with Gasteiger partial charge in [-0.05, 0) is 45.3 Å². The summed E-state index contributed by atoms with van der Waals surface area (Å²) in [5.74, 6) is 0. The second-order valence-corrected chi connectivity index (χ2v) is 4.38. The lowest BCUT2D eigenvalue weighted by molar-refractivity contribution is 0.269. The van der Waals surface area contributed by atoms with Crippen molar-refractivity contribution in [3.8, 4) is 0 Å². The van der Waals surface area contributed by atoms with E-state index in [1.54, 1.807) is 0 Å². The zero-order chi connectivity index (χ0) is 9.94. The van der Waals surface area contributed by atoms with E-state index in [4.69, 9.17) is 0 Å². The van der Waals surface area contributed by atoms with Gasteiger partial charge in [0.25, 0.3) is 0 Å². The first-order chi connectivity index (χ1) is 6.35. The molecule has 0 saturated heterocycles. The molecule has 0 aromatic heterocycles. The van der Waals surface area contributed by atoms with Crippen LogP contribution in [0, 0.1) is 0 Å². The fraction of sp³-hybridized carbons (Fsp3) is 1.00. The topological polar surface area (TPSA) is 3.24 Å². The van der Waals surface area contributed by atoms with E-state index in [0.717, 1.165) is 5.33 Å². The lowest BCUT2D eigenvalue weighted by Gasteiger charge is -2.20. The maximum Gasteiger partial charge on any atom is 0.00313 e. The molecule has 0 aliphatic heterocycles. The van der Waals surface area contributed by atoms with Gasteiger partial charge in [0.15, 0.2) is 0 Å². The summed E-state index contributed by atoms with van der Waals surface area (Å²) in [6.07, 6.45) is 6.64. The van der Waals surface area contributed by atoms with Gasteiger partial charge in [-0.1, -0.05) is 36.2 Å². The van der Waals surface area contributed by atoms with Crippen molar-refractivity contribution in [1.82, 2.24) is 4.90 Å². The molecule has 0 bridgehead atoms. The van der Waals surface area contributed by atoms with Crippen molar-refractivity contribution in [3.63, 3.8) is 0 Å². The minimum Gasteiger partial charge on any atom is -0.303 e. The Balaban J connectivity index is 3.33. The Morgan fingerprint density at radius 1 is 0.846 bits per heavy atom. The molecule has 13 heavy (non-hydrogen) atoms. The average molecular weight is 250 g/mol. The van der Waals surface area contributed by atoms with Gasteiger partial charge in [0, 0.05) is 5.33 Å². The Bertz CT molecular complexity index is 90.1. The van der Waals surface area contributed by atoms with Crippen LogP contribution in [-0.4, -0.2) is 29.9 Å². The second kappa shape index (κ2) is 10.5. The zero-order valence-electron chi connectivity index (χ0n) is 9.19. The van der Waals surface area contributed by atoms with E-state index in [1.165, 1.54) is 51.7 Å². The van der Waals surface area contributed by atoms with Crippen LogP contribution in [0.4, 0.5) is 0 Å². The molecule has 0 rings (SSSR count). The number of nitrogens with zero attached hydrogens (tertiary/aromatic N) is 1. The molecule has 0 amide bonds. The molecule has 0 spiro atoms. The van der Waals surface area contributed by atoms with Crippen molar-refractivity contribution >= 4 is 15.9 Å². The van der Waals surface area contributed by atoms with Crippen molar-refractivity contribution in [2.45, 2.75) is 46.0 Å². The highest BCUT2D eigenvalue weighted by Crippen LogP contribution is 2.02. The number of hydrogen-bond acceptors (Lipinski definition) is 1. The first-order valence-corrected chi connectivity index (χ1v) is 6.75. The third kappa shape index (κ3) is 8.76. The summed E-state index contributed by atoms with van der Waals surface area (Å²) in [6.45, 7) is 8.39. The third-order valence-corrected chi connectivity index (χ3v) is 2.75. The van der Waals surface area contributed by atoms with E-state index in [2.05, 4.69) is 34.7 Å². The van der Waals surface area contributed by atoms with Gasteiger partial charge in [0.2, 0.25) is 0 Å². The van der Waals surface area contributed by atoms with Crippen LogP contribution in [-0.2, 0) is 0 Å². The lowest BCUT2D eigenvalue weighted by atomic mass is 10.2. The molecule has 0 heterocycles. The Hall–Kier alpha value is 0.440. The number of rotatable bonds is 9. The van der Waals surface area contributed by atoms with Crippen molar-refractivity contribution in [2.24, 2.45) is 0 Å². The van der Waals surface area contributed by atoms with Gasteiger partial charge >= 0.3 is 0 Å². The molecule has 2 heteroatoms. The van der Waals surface area contributed by atoms with Crippen LogP contribution in [0.1, 0.15) is 46.0 Å². The van der Waals surface area contributed by atoms with Gasteiger partial charge in [0.1, 0.15) is 0 Å². The Morgan fingerprint density at radius 3 is 1.92 bits per heavy atom.